The summed E-state index contributed by atoms with van der Waals surface area (Å²) >= 11 is 1.99. The fraction of sp³-hybridized carbons (Fsp3) is 0.286. The summed E-state index contributed by atoms with van der Waals surface area (Å²) in [5.41, 5.74) is 1.81. The van der Waals surface area contributed by atoms with Crippen LogP contribution in [-0.4, -0.2) is 21.8 Å². The molecule has 0 bridgehead atoms. The van der Waals surface area contributed by atoms with Crippen molar-refractivity contribution in [3.05, 3.63) is 35.2 Å². The first-order valence-corrected chi connectivity index (χ1v) is 10.5. The molecule has 0 radical (unpaired) electrons. The molecule has 0 saturated carbocycles. The lowest BCUT2D eigenvalue weighted by Crippen LogP contribution is -2.05. The Balaban J connectivity index is 2.23. The molecule has 2 N–H and O–H groups in total. The molecule has 22 heavy (non-hydrogen) atoms. The first kappa shape index (κ1) is 16.9. The van der Waals surface area contributed by atoms with Gasteiger partial charge in [0.25, 0.3) is 0 Å². The van der Waals surface area contributed by atoms with Gasteiger partial charge in [0.1, 0.15) is 5.75 Å². The van der Waals surface area contributed by atoms with E-state index in [1.54, 1.807) is 0 Å². The lowest BCUT2D eigenvalue weighted by atomic mass is 10.1. The topological polar surface area (TPSA) is 79.4 Å². The highest BCUT2D eigenvalue weighted by molar-refractivity contribution is 14.2. The van der Waals surface area contributed by atoms with E-state index >= 15 is 0 Å². The van der Waals surface area contributed by atoms with Crippen LogP contribution < -0.4 is 10.1 Å². The monoisotopic (exact) mass is 432 g/mol. The first-order valence-electron chi connectivity index (χ1n) is 6.78. The van der Waals surface area contributed by atoms with Crippen LogP contribution in [0.5, 0.6) is 5.75 Å². The van der Waals surface area contributed by atoms with Gasteiger partial charge in [-0.05, 0) is 25.5 Å². The summed E-state index contributed by atoms with van der Waals surface area (Å²) in [7, 11) is -0.700. The van der Waals surface area contributed by atoms with E-state index in [4.69, 9.17) is 4.74 Å². The largest absolute Gasteiger partial charge is 0.493 e. The Kier molecular flexibility index (Phi) is 6.37. The molecule has 1 unspecified atom stereocenters. The van der Waals surface area contributed by atoms with E-state index in [0.717, 1.165) is 28.4 Å². The van der Waals surface area contributed by atoms with Gasteiger partial charge >= 0.3 is 0 Å². The minimum atomic E-state index is -0.700. The average Bonchev–Trinajstić information content (AvgIpc) is 3.00. The highest BCUT2D eigenvalue weighted by Crippen LogP contribution is 2.31. The van der Waals surface area contributed by atoms with Gasteiger partial charge in [0.05, 0.1) is 25.1 Å². The number of benzene rings is 1. The van der Waals surface area contributed by atoms with Gasteiger partial charge in [0.15, 0.2) is 5.82 Å². The summed E-state index contributed by atoms with van der Waals surface area (Å²) < 4.78 is 8.76. The van der Waals surface area contributed by atoms with Crippen molar-refractivity contribution in [2.75, 3.05) is 11.9 Å². The number of nitrogens with one attached hydrogen (secondary N) is 2. The Hall–Kier alpha value is -1.42. The molecule has 1 aromatic carbocycles. The van der Waals surface area contributed by atoms with Crippen molar-refractivity contribution in [1.82, 2.24) is 10.2 Å². The summed E-state index contributed by atoms with van der Waals surface area (Å²) in [5, 5.41) is 10.3. The van der Waals surface area contributed by atoms with Crippen LogP contribution in [-0.2, 0) is 0 Å². The van der Waals surface area contributed by atoms with Crippen molar-refractivity contribution < 1.29 is 4.74 Å². The number of halogens is 1. The van der Waals surface area contributed by atoms with Crippen LogP contribution in [0, 0.1) is 4.91 Å². The number of nitrogens with zero attached hydrogens (tertiary/aromatic N) is 2. The fourth-order valence-corrected chi connectivity index (χ4v) is 2.46. The van der Waals surface area contributed by atoms with Gasteiger partial charge < -0.3 is 10.1 Å². The van der Waals surface area contributed by atoms with Crippen molar-refractivity contribution >= 4 is 39.9 Å². The molecule has 2 aromatic rings. The second kappa shape index (κ2) is 8.28. The van der Waals surface area contributed by atoms with Crippen LogP contribution in [0.1, 0.15) is 20.3 Å². The van der Waals surface area contributed by atoms with E-state index in [-0.39, 0.29) is 0 Å². The normalized spacial score (nSPS) is 12.6. The molecule has 1 aromatic heterocycles. The molecule has 6 nitrogen and oxygen atoms in total. The van der Waals surface area contributed by atoms with E-state index in [1.165, 1.54) is 0 Å². The van der Waals surface area contributed by atoms with Crippen LogP contribution >= 0.6 is 29.0 Å². The highest BCUT2D eigenvalue weighted by atomic mass is 127. The van der Waals surface area contributed by atoms with Crippen LogP contribution in [0.3, 0.4) is 0 Å². The molecule has 0 aliphatic carbocycles. The molecular weight excluding hydrogens is 415 g/mol. The Bertz CT molecular complexity index is 687. The molecule has 0 aliphatic heterocycles. The zero-order valence-electron chi connectivity index (χ0n) is 12.3. The molecule has 0 amide bonds. The summed E-state index contributed by atoms with van der Waals surface area (Å²) in [4.78, 5) is 11.3. The summed E-state index contributed by atoms with van der Waals surface area (Å²) in [6, 6.07) is 9.71. The van der Waals surface area contributed by atoms with E-state index < -0.39 is 7.84 Å². The molecule has 1 heterocycles. The number of H-pyrrole nitrogens is 1. The smallest absolute Gasteiger partial charge is 0.152 e. The van der Waals surface area contributed by atoms with Crippen LogP contribution in [0.15, 0.2) is 34.9 Å². The number of anilines is 1. The van der Waals surface area contributed by atoms with Gasteiger partial charge in [-0.3, -0.25) is 5.10 Å². The standard InChI is InChI=1S/C14H17IN4O2S/c1-3-8-21-13-7-5-4-6-11(13)12-9-14(18-17-12)16-10(2)22(15)19-20/h4-7,9H,3,8H2,1-2H3,(H2,16,17,18). The number of hydrogen-bond acceptors (Lipinski definition) is 4. The highest BCUT2D eigenvalue weighted by Gasteiger charge is 2.10. The lowest BCUT2D eigenvalue weighted by molar-refractivity contribution is 0.318. The zero-order valence-corrected chi connectivity index (χ0v) is 15.3. The molecule has 8 heteroatoms. The minimum Gasteiger partial charge on any atom is -0.493 e. The maximum atomic E-state index is 10.6. The van der Waals surface area contributed by atoms with Crippen LogP contribution in [0.25, 0.3) is 11.3 Å². The number of hydrogen-bond donors (Lipinski definition) is 2. The SMILES string of the molecule is CCCOc1ccccc1-c1cc(N/C(C)=S(\I)N=O)n[nH]1. The van der Waals surface area contributed by atoms with Gasteiger partial charge in [-0.2, -0.15) is 5.10 Å². The van der Waals surface area contributed by atoms with E-state index in [0.29, 0.717) is 12.4 Å². The molecule has 118 valence electrons. The summed E-state index contributed by atoms with van der Waals surface area (Å²) in [6.07, 6.45) is 0.953. The zero-order chi connectivity index (χ0) is 15.9. The van der Waals surface area contributed by atoms with E-state index in [1.807, 2.05) is 58.5 Å². The fourth-order valence-electron chi connectivity index (χ4n) is 1.83. The molecular formula is C14H17IN4O2S. The molecule has 0 aliphatic rings. The average molecular weight is 432 g/mol. The lowest BCUT2D eigenvalue weighted by Gasteiger charge is -2.08. The first-order chi connectivity index (χ1) is 10.7. The van der Waals surface area contributed by atoms with Crippen LogP contribution in [0.4, 0.5) is 5.82 Å². The number of ether oxygens (including phenoxy) is 1. The summed E-state index contributed by atoms with van der Waals surface area (Å²) in [5.74, 6) is 1.47. The molecule has 0 saturated heterocycles. The van der Waals surface area contributed by atoms with Crippen molar-refractivity contribution in [3.63, 3.8) is 0 Å². The third-order valence-corrected chi connectivity index (χ3v) is 6.04. The minimum absolute atomic E-state index is 0.649. The number of para-hydroxylation sites is 1. The third kappa shape index (κ3) is 4.29. The van der Waals surface area contributed by atoms with Gasteiger partial charge in [0, 0.05) is 37.4 Å². The van der Waals surface area contributed by atoms with Crippen molar-refractivity contribution in [2.45, 2.75) is 20.3 Å². The maximum absolute atomic E-state index is 10.6. The predicted octanol–water partition coefficient (Wildman–Crippen LogP) is 4.73. The predicted molar refractivity (Wildman–Crippen MR) is 102 cm³/mol. The third-order valence-electron chi connectivity index (χ3n) is 2.84. The van der Waals surface area contributed by atoms with Crippen molar-refractivity contribution in [1.29, 1.82) is 0 Å². The Labute approximate surface area is 143 Å². The Morgan fingerprint density at radius 2 is 2.27 bits per heavy atom. The van der Waals surface area contributed by atoms with Gasteiger partial charge in [0.2, 0.25) is 0 Å². The van der Waals surface area contributed by atoms with Gasteiger partial charge in [-0.25, -0.2) is 0 Å². The quantitative estimate of drug-likeness (QED) is 0.393. The number of rotatable bonds is 6. The Morgan fingerprint density at radius 1 is 1.50 bits per heavy atom. The Morgan fingerprint density at radius 3 is 3.00 bits per heavy atom. The number of nitroso groups, excluding NO2 is 1. The second-order valence-electron chi connectivity index (χ2n) is 4.50. The van der Waals surface area contributed by atoms with Crippen LogP contribution in [0.2, 0.25) is 0 Å². The van der Waals surface area contributed by atoms with Crippen molar-refractivity contribution in [2.24, 2.45) is 4.58 Å². The van der Waals surface area contributed by atoms with E-state index in [2.05, 4.69) is 27.0 Å². The number of aromatic nitrogens is 2. The molecule has 0 fully saturated rings. The maximum Gasteiger partial charge on any atom is 0.152 e. The van der Waals surface area contributed by atoms with Gasteiger partial charge in [-0.15, -0.1) is 4.91 Å². The van der Waals surface area contributed by atoms with Crippen molar-refractivity contribution in [3.8, 4) is 17.0 Å². The molecule has 2 rings (SSSR count). The van der Waals surface area contributed by atoms with E-state index in [9.17, 15) is 4.91 Å². The molecule has 0 spiro atoms. The molecule has 1 atom stereocenters. The summed E-state index contributed by atoms with van der Waals surface area (Å²) in [6.45, 7) is 4.57. The second-order valence-corrected chi connectivity index (χ2v) is 8.24. The number of aromatic amines is 1. The van der Waals surface area contributed by atoms with Gasteiger partial charge in [-0.1, -0.05) is 19.1 Å².